The fourth-order valence-corrected chi connectivity index (χ4v) is 2.12. The van der Waals surface area contributed by atoms with E-state index in [4.69, 9.17) is 4.74 Å². The Morgan fingerprint density at radius 2 is 2.06 bits per heavy atom. The van der Waals surface area contributed by atoms with Gasteiger partial charge in [-0.1, -0.05) is 12.8 Å². The first-order chi connectivity index (χ1) is 8.81. The molecule has 1 aliphatic rings. The van der Waals surface area contributed by atoms with Gasteiger partial charge in [0.15, 0.2) is 0 Å². The van der Waals surface area contributed by atoms with Gasteiger partial charge in [0.2, 0.25) is 5.82 Å². The number of ether oxygens (including phenoxy) is 1. The van der Waals surface area contributed by atoms with Crippen molar-refractivity contribution < 1.29 is 9.53 Å². The van der Waals surface area contributed by atoms with Crippen LogP contribution in [0, 0.1) is 0 Å². The Labute approximate surface area is 107 Å². The van der Waals surface area contributed by atoms with Gasteiger partial charge >= 0.3 is 5.97 Å². The van der Waals surface area contributed by atoms with Gasteiger partial charge in [0.25, 0.3) is 0 Å². The second-order valence-electron chi connectivity index (χ2n) is 4.36. The van der Waals surface area contributed by atoms with Crippen molar-refractivity contribution in [2.75, 3.05) is 24.6 Å². The molecule has 0 atom stereocenters. The van der Waals surface area contributed by atoms with Crippen molar-refractivity contribution >= 4 is 11.8 Å². The summed E-state index contributed by atoms with van der Waals surface area (Å²) in [6.07, 6.45) is 6.52. The molecule has 2 heterocycles. The van der Waals surface area contributed by atoms with Crippen LogP contribution >= 0.6 is 0 Å². The summed E-state index contributed by atoms with van der Waals surface area (Å²) in [5.74, 6) is 0.530. The average molecular weight is 249 g/mol. The summed E-state index contributed by atoms with van der Waals surface area (Å²) >= 11 is 0. The van der Waals surface area contributed by atoms with Gasteiger partial charge in [0.05, 0.1) is 6.61 Å². The molecule has 1 aliphatic heterocycles. The van der Waals surface area contributed by atoms with Crippen LogP contribution in [-0.2, 0) is 4.74 Å². The molecule has 0 aromatic carbocycles. The molecule has 18 heavy (non-hydrogen) atoms. The van der Waals surface area contributed by atoms with Gasteiger partial charge in [-0.3, -0.25) is 0 Å². The highest BCUT2D eigenvalue weighted by molar-refractivity contribution is 5.85. The molecule has 1 saturated heterocycles. The Balaban J connectivity index is 2.12. The molecule has 0 amide bonds. The number of rotatable bonds is 3. The Morgan fingerprint density at radius 1 is 1.33 bits per heavy atom. The lowest BCUT2D eigenvalue weighted by Gasteiger charge is -2.21. The summed E-state index contributed by atoms with van der Waals surface area (Å²) in [7, 11) is 0. The highest BCUT2D eigenvalue weighted by Gasteiger charge is 2.15. The predicted octanol–water partition coefficient (Wildman–Crippen LogP) is 2.03. The van der Waals surface area contributed by atoms with Crippen LogP contribution < -0.4 is 4.90 Å². The number of anilines is 1. The zero-order valence-corrected chi connectivity index (χ0v) is 10.8. The van der Waals surface area contributed by atoms with Gasteiger partial charge in [0, 0.05) is 19.3 Å². The molecule has 5 nitrogen and oxygen atoms in total. The van der Waals surface area contributed by atoms with Crippen LogP contribution in [0.4, 0.5) is 5.82 Å². The van der Waals surface area contributed by atoms with Gasteiger partial charge in [-0.25, -0.2) is 14.8 Å². The highest BCUT2D eigenvalue weighted by atomic mass is 16.5. The maximum Gasteiger partial charge on any atom is 0.376 e. The van der Waals surface area contributed by atoms with Crippen LogP contribution in [0.3, 0.4) is 0 Å². The van der Waals surface area contributed by atoms with E-state index in [1.54, 1.807) is 13.1 Å². The van der Waals surface area contributed by atoms with Crippen LogP contribution in [0.5, 0.6) is 0 Å². The molecule has 0 spiro atoms. The van der Waals surface area contributed by atoms with Gasteiger partial charge in [-0.05, 0) is 25.8 Å². The Kier molecular flexibility index (Phi) is 4.50. The largest absolute Gasteiger partial charge is 0.460 e. The first-order valence-corrected chi connectivity index (χ1v) is 6.56. The minimum atomic E-state index is -0.450. The van der Waals surface area contributed by atoms with Crippen LogP contribution in [-0.4, -0.2) is 35.6 Å². The topological polar surface area (TPSA) is 55.3 Å². The molecule has 1 aromatic heterocycles. The molecule has 1 fully saturated rings. The number of carbonyl (C=O) groups is 1. The number of hydrogen-bond donors (Lipinski definition) is 0. The Bertz CT molecular complexity index is 401. The summed E-state index contributed by atoms with van der Waals surface area (Å²) < 4.78 is 4.91. The third kappa shape index (κ3) is 3.18. The standard InChI is InChI=1S/C13H19N3O2/c1-2-18-13(17)12-14-8-7-11(15-12)16-9-5-3-4-6-10-16/h7-8H,2-6,9-10H2,1H3. The average Bonchev–Trinajstić information content (AvgIpc) is 2.68. The van der Waals surface area contributed by atoms with Crippen molar-refractivity contribution in [3.63, 3.8) is 0 Å². The van der Waals surface area contributed by atoms with E-state index in [-0.39, 0.29) is 5.82 Å². The maximum atomic E-state index is 11.6. The lowest BCUT2D eigenvalue weighted by atomic mass is 10.2. The fourth-order valence-electron chi connectivity index (χ4n) is 2.12. The van der Waals surface area contributed by atoms with Gasteiger partial charge in [-0.15, -0.1) is 0 Å². The van der Waals surface area contributed by atoms with E-state index in [0.29, 0.717) is 6.61 Å². The van der Waals surface area contributed by atoms with Crippen molar-refractivity contribution in [2.45, 2.75) is 32.6 Å². The van der Waals surface area contributed by atoms with Crippen LogP contribution in [0.25, 0.3) is 0 Å². The molecule has 0 N–H and O–H groups in total. The van der Waals surface area contributed by atoms with Crippen molar-refractivity contribution in [2.24, 2.45) is 0 Å². The molecule has 0 radical (unpaired) electrons. The van der Waals surface area contributed by atoms with E-state index in [1.165, 1.54) is 25.7 Å². The first kappa shape index (κ1) is 12.8. The molecular formula is C13H19N3O2. The van der Waals surface area contributed by atoms with Crippen molar-refractivity contribution in [3.05, 3.63) is 18.1 Å². The minimum absolute atomic E-state index is 0.151. The van der Waals surface area contributed by atoms with Crippen molar-refractivity contribution in [1.82, 2.24) is 9.97 Å². The van der Waals surface area contributed by atoms with E-state index in [0.717, 1.165) is 18.9 Å². The van der Waals surface area contributed by atoms with Crippen molar-refractivity contribution in [3.8, 4) is 0 Å². The van der Waals surface area contributed by atoms with Crippen LogP contribution in [0.2, 0.25) is 0 Å². The zero-order valence-electron chi connectivity index (χ0n) is 10.8. The summed E-state index contributed by atoms with van der Waals surface area (Å²) in [5.41, 5.74) is 0. The van der Waals surface area contributed by atoms with Gasteiger partial charge < -0.3 is 9.64 Å². The number of esters is 1. The highest BCUT2D eigenvalue weighted by Crippen LogP contribution is 2.16. The quantitative estimate of drug-likeness (QED) is 0.767. The van der Waals surface area contributed by atoms with Crippen molar-refractivity contribution in [1.29, 1.82) is 0 Å². The first-order valence-electron chi connectivity index (χ1n) is 6.56. The maximum absolute atomic E-state index is 11.6. The summed E-state index contributed by atoms with van der Waals surface area (Å²) in [6, 6.07) is 1.86. The molecule has 0 bridgehead atoms. The molecule has 0 saturated carbocycles. The predicted molar refractivity (Wildman–Crippen MR) is 68.7 cm³/mol. The zero-order chi connectivity index (χ0) is 12.8. The Hall–Kier alpha value is -1.65. The van der Waals surface area contributed by atoms with Gasteiger partial charge in [0.1, 0.15) is 5.82 Å². The minimum Gasteiger partial charge on any atom is -0.460 e. The second-order valence-corrected chi connectivity index (χ2v) is 4.36. The molecule has 5 heteroatoms. The third-order valence-corrected chi connectivity index (χ3v) is 3.03. The number of aromatic nitrogens is 2. The normalized spacial score (nSPS) is 16.2. The summed E-state index contributed by atoms with van der Waals surface area (Å²) in [5, 5.41) is 0. The molecule has 0 aliphatic carbocycles. The van der Waals surface area contributed by atoms with Crippen LogP contribution in [0.1, 0.15) is 43.2 Å². The number of nitrogens with zero attached hydrogens (tertiary/aromatic N) is 3. The fraction of sp³-hybridized carbons (Fsp3) is 0.615. The molecule has 2 rings (SSSR count). The van der Waals surface area contributed by atoms with E-state index >= 15 is 0 Å². The number of carbonyl (C=O) groups excluding carboxylic acids is 1. The van der Waals surface area contributed by atoms with E-state index in [9.17, 15) is 4.79 Å². The molecular weight excluding hydrogens is 230 g/mol. The van der Waals surface area contributed by atoms with E-state index < -0.39 is 5.97 Å². The summed E-state index contributed by atoms with van der Waals surface area (Å²) in [4.78, 5) is 22.1. The molecule has 1 aromatic rings. The van der Waals surface area contributed by atoms with Crippen LogP contribution in [0.15, 0.2) is 12.3 Å². The SMILES string of the molecule is CCOC(=O)c1nccc(N2CCCCCC2)n1. The lowest BCUT2D eigenvalue weighted by molar-refractivity contribution is 0.0512. The summed E-state index contributed by atoms with van der Waals surface area (Å²) in [6.45, 7) is 4.12. The monoisotopic (exact) mass is 249 g/mol. The third-order valence-electron chi connectivity index (χ3n) is 3.03. The van der Waals surface area contributed by atoms with E-state index in [2.05, 4.69) is 14.9 Å². The molecule has 98 valence electrons. The molecule has 0 unspecified atom stereocenters. The second kappa shape index (κ2) is 6.33. The number of hydrogen-bond acceptors (Lipinski definition) is 5. The Morgan fingerprint density at radius 3 is 2.72 bits per heavy atom. The smallest absolute Gasteiger partial charge is 0.376 e. The van der Waals surface area contributed by atoms with E-state index in [1.807, 2.05) is 6.07 Å². The van der Waals surface area contributed by atoms with Gasteiger partial charge in [-0.2, -0.15) is 0 Å². The lowest BCUT2D eigenvalue weighted by Crippen LogP contribution is -2.25.